The van der Waals surface area contributed by atoms with Gasteiger partial charge in [-0.1, -0.05) is 0 Å². The van der Waals surface area contributed by atoms with Crippen LogP contribution in [0, 0.1) is 5.82 Å². The van der Waals surface area contributed by atoms with E-state index in [0.717, 1.165) is 11.3 Å². The third kappa shape index (κ3) is 1.62. The Bertz CT molecular complexity index is 412. The molecule has 1 heterocycles. The number of nitrogens with one attached hydrogen (secondary N) is 1. The number of H-pyrrole nitrogens is 1. The van der Waals surface area contributed by atoms with Crippen molar-refractivity contribution in [2.24, 2.45) is 0 Å². The molecule has 66 valence electrons. The molecule has 0 atom stereocenters. The van der Waals surface area contributed by atoms with Crippen LogP contribution in [0.2, 0.25) is 0 Å². The number of nitrogens with zero attached hydrogens (tertiary/aromatic N) is 1. The minimum atomic E-state index is -0.261. The second-order valence-electron chi connectivity index (χ2n) is 2.60. The third-order valence-electron chi connectivity index (χ3n) is 1.73. The number of benzene rings is 1. The Morgan fingerprint density at radius 3 is 2.77 bits per heavy atom. The average Bonchev–Trinajstić information content (AvgIpc) is 2.62. The van der Waals surface area contributed by atoms with Crippen LogP contribution in [-0.4, -0.2) is 10.2 Å². The van der Waals surface area contributed by atoms with Crippen LogP contribution in [0.1, 0.15) is 0 Å². The van der Waals surface area contributed by atoms with E-state index < -0.39 is 0 Å². The maximum atomic E-state index is 12.9. The lowest BCUT2D eigenvalue weighted by Crippen LogP contribution is -1.81. The molecule has 0 bridgehead atoms. The highest BCUT2D eigenvalue weighted by Crippen LogP contribution is 2.23. The number of hydrogen-bond donors (Lipinski definition) is 1. The van der Waals surface area contributed by atoms with Crippen LogP contribution < -0.4 is 0 Å². The summed E-state index contributed by atoms with van der Waals surface area (Å²) in [6, 6.07) is 6.66. The van der Waals surface area contributed by atoms with Crippen molar-refractivity contribution in [2.75, 3.05) is 0 Å². The van der Waals surface area contributed by atoms with Gasteiger partial charge >= 0.3 is 0 Å². The van der Waals surface area contributed by atoms with Gasteiger partial charge < -0.3 is 0 Å². The molecule has 1 N–H and O–H groups in total. The van der Waals surface area contributed by atoms with Crippen molar-refractivity contribution in [3.63, 3.8) is 0 Å². The van der Waals surface area contributed by atoms with Gasteiger partial charge in [0.1, 0.15) is 5.82 Å². The van der Waals surface area contributed by atoms with Gasteiger partial charge in [0, 0.05) is 11.8 Å². The van der Waals surface area contributed by atoms with E-state index in [2.05, 4.69) is 26.1 Å². The minimum Gasteiger partial charge on any atom is -0.278 e. The molecule has 0 aliphatic rings. The molecule has 2 aromatic rings. The molecule has 0 aliphatic heterocycles. The standard InChI is InChI=1S/C9H6BrFN2/c10-7-5-6(1-2-8(7)11)9-3-4-12-13-9/h1-5H,(H,12,13). The second-order valence-corrected chi connectivity index (χ2v) is 3.45. The van der Waals surface area contributed by atoms with Gasteiger partial charge in [-0.2, -0.15) is 5.10 Å². The molecule has 0 amide bonds. The van der Waals surface area contributed by atoms with E-state index in [0.29, 0.717) is 4.47 Å². The van der Waals surface area contributed by atoms with Crippen molar-refractivity contribution in [2.45, 2.75) is 0 Å². The molecule has 0 spiro atoms. The van der Waals surface area contributed by atoms with Gasteiger partial charge in [0.15, 0.2) is 0 Å². The zero-order chi connectivity index (χ0) is 9.26. The van der Waals surface area contributed by atoms with Gasteiger partial charge in [-0.05, 0) is 40.2 Å². The Morgan fingerprint density at radius 1 is 1.31 bits per heavy atom. The van der Waals surface area contributed by atoms with Gasteiger partial charge in [0.05, 0.1) is 10.2 Å². The van der Waals surface area contributed by atoms with Gasteiger partial charge in [0.25, 0.3) is 0 Å². The first kappa shape index (κ1) is 8.44. The van der Waals surface area contributed by atoms with E-state index in [9.17, 15) is 4.39 Å². The second kappa shape index (κ2) is 3.30. The summed E-state index contributed by atoms with van der Waals surface area (Å²) >= 11 is 3.12. The topological polar surface area (TPSA) is 28.7 Å². The van der Waals surface area contributed by atoms with E-state index in [-0.39, 0.29) is 5.82 Å². The SMILES string of the molecule is Fc1ccc(-c2ccn[nH]2)cc1Br. The quantitative estimate of drug-likeness (QED) is 0.816. The molecule has 0 fully saturated rings. The first-order valence-electron chi connectivity index (χ1n) is 3.72. The lowest BCUT2D eigenvalue weighted by atomic mass is 10.1. The van der Waals surface area contributed by atoms with E-state index in [1.807, 2.05) is 6.07 Å². The fourth-order valence-corrected chi connectivity index (χ4v) is 1.46. The van der Waals surface area contributed by atoms with Crippen LogP contribution in [0.3, 0.4) is 0 Å². The molecule has 0 aliphatic carbocycles. The van der Waals surface area contributed by atoms with Crippen LogP contribution in [0.5, 0.6) is 0 Å². The van der Waals surface area contributed by atoms with Crippen molar-refractivity contribution < 1.29 is 4.39 Å². The summed E-state index contributed by atoms with van der Waals surface area (Å²) in [6.07, 6.45) is 1.66. The molecule has 2 nitrogen and oxygen atoms in total. The molecule has 0 saturated carbocycles. The highest BCUT2D eigenvalue weighted by atomic mass is 79.9. The molecular weight excluding hydrogens is 235 g/mol. The summed E-state index contributed by atoms with van der Waals surface area (Å²) < 4.78 is 13.3. The number of hydrogen-bond acceptors (Lipinski definition) is 1. The normalized spacial score (nSPS) is 10.3. The molecule has 1 aromatic heterocycles. The summed E-state index contributed by atoms with van der Waals surface area (Å²) in [5.74, 6) is -0.261. The number of halogens is 2. The minimum absolute atomic E-state index is 0.261. The van der Waals surface area contributed by atoms with Crippen LogP contribution >= 0.6 is 15.9 Å². The van der Waals surface area contributed by atoms with Crippen LogP contribution in [-0.2, 0) is 0 Å². The predicted molar refractivity (Wildman–Crippen MR) is 51.7 cm³/mol. The lowest BCUT2D eigenvalue weighted by molar-refractivity contribution is 0.621. The maximum absolute atomic E-state index is 12.9. The Labute approximate surface area is 82.9 Å². The first-order chi connectivity index (χ1) is 6.27. The fourth-order valence-electron chi connectivity index (χ4n) is 1.08. The Morgan fingerprint density at radius 2 is 2.15 bits per heavy atom. The van der Waals surface area contributed by atoms with Gasteiger partial charge in [0.2, 0.25) is 0 Å². The van der Waals surface area contributed by atoms with Crippen molar-refractivity contribution in [3.8, 4) is 11.3 Å². The lowest BCUT2D eigenvalue weighted by Gasteiger charge is -1.98. The summed E-state index contributed by atoms with van der Waals surface area (Å²) in [6.45, 7) is 0. The average molecular weight is 241 g/mol. The molecular formula is C9H6BrFN2. The van der Waals surface area contributed by atoms with E-state index in [1.54, 1.807) is 18.3 Å². The van der Waals surface area contributed by atoms with Crippen molar-refractivity contribution in [3.05, 3.63) is 40.8 Å². The molecule has 0 radical (unpaired) electrons. The number of rotatable bonds is 1. The van der Waals surface area contributed by atoms with Gasteiger partial charge in [-0.15, -0.1) is 0 Å². The van der Waals surface area contributed by atoms with E-state index >= 15 is 0 Å². The molecule has 2 rings (SSSR count). The first-order valence-corrected chi connectivity index (χ1v) is 4.51. The van der Waals surface area contributed by atoms with E-state index in [1.165, 1.54) is 6.07 Å². The largest absolute Gasteiger partial charge is 0.278 e. The molecule has 13 heavy (non-hydrogen) atoms. The fraction of sp³-hybridized carbons (Fsp3) is 0. The number of aromatic amines is 1. The maximum Gasteiger partial charge on any atom is 0.137 e. The van der Waals surface area contributed by atoms with Gasteiger partial charge in [-0.25, -0.2) is 4.39 Å². The highest BCUT2D eigenvalue weighted by Gasteiger charge is 2.02. The molecule has 4 heteroatoms. The Kier molecular flexibility index (Phi) is 2.14. The highest BCUT2D eigenvalue weighted by molar-refractivity contribution is 9.10. The zero-order valence-corrected chi connectivity index (χ0v) is 8.18. The van der Waals surface area contributed by atoms with Crippen molar-refractivity contribution in [1.82, 2.24) is 10.2 Å². The van der Waals surface area contributed by atoms with Crippen LogP contribution in [0.4, 0.5) is 4.39 Å². The van der Waals surface area contributed by atoms with Crippen LogP contribution in [0.15, 0.2) is 34.9 Å². The summed E-state index contributed by atoms with van der Waals surface area (Å²) in [4.78, 5) is 0. The van der Waals surface area contributed by atoms with Crippen molar-refractivity contribution in [1.29, 1.82) is 0 Å². The zero-order valence-electron chi connectivity index (χ0n) is 6.59. The summed E-state index contributed by atoms with van der Waals surface area (Å²) in [7, 11) is 0. The molecule has 1 aromatic carbocycles. The molecule has 0 saturated heterocycles. The Balaban J connectivity index is 2.49. The van der Waals surface area contributed by atoms with E-state index in [4.69, 9.17) is 0 Å². The monoisotopic (exact) mass is 240 g/mol. The third-order valence-corrected chi connectivity index (χ3v) is 2.34. The summed E-state index contributed by atoms with van der Waals surface area (Å²) in [5.41, 5.74) is 1.78. The number of aromatic nitrogens is 2. The summed E-state index contributed by atoms with van der Waals surface area (Å²) in [5, 5.41) is 6.62. The van der Waals surface area contributed by atoms with Gasteiger partial charge in [-0.3, -0.25) is 5.10 Å². The predicted octanol–water partition coefficient (Wildman–Crippen LogP) is 2.98. The smallest absolute Gasteiger partial charge is 0.137 e. The van der Waals surface area contributed by atoms with Crippen LogP contribution in [0.25, 0.3) is 11.3 Å². The van der Waals surface area contributed by atoms with Crippen molar-refractivity contribution >= 4 is 15.9 Å². The Hall–Kier alpha value is -1.16. The molecule has 0 unspecified atom stereocenters.